The zero-order valence-corrected chi connectivity index (χ0v) is 9.59. The highest BCUT2D eigenvalue weighted by molar-refractivity contribution is 9.09. The first-order valence-electron chi connectivity index (χ1n) is 4.35. The standard InChI is InChI=1S/C9H15BrO3/c1-3-8(10)6-13-9(12)5-4-7(2)11/h8H,3-6H2,1-2H3. The Kier molecular flexibility index (Phi) is 6.86. The van der Waals surface area contributed by atoms with E-state index in [9.17, 15) is 9.59 Å². The molecule has 0 aromatic rings. The lowest BCUT2D eigenvalue weighted by molar-refractivity contribution is -0.144. The molecule has 0 saturated carbocycles. The Morgan fingerprint density at radius 3 is 2.46 bits per heavy atom. The van der Waals surface area contributed by atoms with Crippen molar-refractivity contribution in [3.8, 4) is 0 Å². The van der Waals surface area contributed by atoms with Crippen LogP contribution < -0.4 is 0 Å². The van der Waals surface area contributed by atoms with Crippen molar-refractivity contribution in [2.75, 3.05) is 6.61 Å². The van der Waals surface area contributed by atoms with Crippen molar-refractivity contribution in [3.05, 3.63) is 0 Å². The summed E-state index contributed by atoms with van der Waals surface area (Å²) in [5.41, 5.74) is 0. The minimum absolute atomic E-state index is 0.0165. The van der Waals surface area contributed by atoms with E-state index in [2.05, 4.69) is 15.9 Å². The van der Waals surface area contributed by atoms with Gasteiger partial charge in [0.15, 0.2) is 0 Å². The number of hydrogen-bond donors (Lipinski definition) is 0. The molecule has 0 spiro atoms. The molecule has 3 nitrogen and oxygen atoms in total. The van der Waals surface area contributed by atoms with Crippen LogP contribution in [0.25, 0.3) is 0 Å². The second kappa shape index (κ2) is 7.06. The second-order valence-corrected chi connectivity index (χ2v) is 4.19. The van der Waals surface area contributed by atoms with Crippen LogP contribution >= 0.6 is 15.9 Å². The maximum Gasteiger partial charge on any atom is 0.306 e. The molecule has 0 aliphatic carbocycles. The van der Waals surface area contributed by atoms with Crippen molar-refractivity contribution >= 4 is 27.7 Å². The third-order valence-corrected chi connectivity index (χ3v) is 2.46. The minimum atomic E-state index is -0.298. The SMILES string of the molecule is CCC(Br)COC(=O)CCC(C)=O. The molecule has 0 fully saturated rings. The van der Waals surface area contributed by atoms with Crippen molar-refractivity contribution in [2.45, 2.75) is 37.9 Å². The number of carbonyl (C=O) groups excluding carboxylic acids is 2. The molecule has 0 aromatic carbocycles. The van der Waals surface area contributed by atoms with Gasteiger partial charge in [0.2, 0.25) is 0 Å². The second-order valence-electron chi connectivity index (χ2n) is 2.89. The molecule has 4 heteroatoms. The molecule has 76 valence electrons. The van der Waals surface area contributed by atoms with Gasteiger partial charge in [-0.25, -0.2) is 0 Å². The van der Waals surface area contributed by atoms with Crippen molar-refractivity contribution in [3.63, 3.8) is 0 Å². The van der Waals surface area contributed by atoms with Gasteiger partial charge in [-0.1, -0.05) is 22.9 Å². The molecular formula is C9H15BrO3. The van der Waals surface area contributed by atoms with Crippen LogP contribution in [0.2, 0.25) is 0 Å². The highest BCUT2D eigenvalue weighted by Crippen LogP contribution is 2.05. The lowest BCUT2D eigenvalue weighted by atomic mass is 10.2. The molecule has 0 N–H and O–H groups in total. The summed E-state index contributed by atoms with van der Waals surface area (Å²) in [4.78, 5) is 21.7. The average Bonchev–Trinajstić information content (AvgIpc) is 2.10. The maximum absolute atomic E-state index is 11.0. The molecular weight excluding hydrogens is 236 g/mol. The Morgan fingerprint density at radius 1 is 1.38 bits per heavy atom. The molecule has 0 aromatic heterocycles. The summed E-state index contributed by atoms with van der Waals surface area (Å²) < 4.78 is 4.91. The molecule has 0 heterocycles. The largest absolute Gasteiger partial charge is 0.464 e. The molecule has 0 aliphatic rings. The van der Waals surface area contributed by atoms with Crippen molar-refractivity contribution in [1.29, 1.82) is 0 Å². The van der Waals surface area contributed by atoms with E-state index in [0.29, 0.717) is 6.61 Å². The summed E-state index contributed by atoms with van der Waals surface area (Å²) in [5.74, 6) is -0.282. The maximum atomic E-state index is 11.0. The normalized spacial score (nSPS) is 12.2. The summed E-state index contributed by atoms with van der Waals surface area (Å²) in [6, 6.07) is 0. The van der Waals surface area contributed by atoms with Gasteiger partial charge in [0.05, 0.1) is 6.42 Å². The summed E-state index contributed by atoms with van der Waals surface area (Å²) in [5, 5.41) is 0. The van der Waals surface area contributed by atoms with Gasteiger partial charge in [0, 0.05) is 11.2 Å². The number of ether oxygens (including phenoxy) is 1. The van der Waals surface area contributed by atoms with E-state index in [0.717, 1.165) is 6.42 Å². The molecule has 0 amide bonds. The molecule has 1 unspecified atom stereocenters. The van der Waals surface area contributed by atoms with Crippen LogP contribution in [-0.4, -0.2) is 23.2 Å². The van der Waals surface area contributed by atoms with Gasteiger partial charge in [-0.15, -0.1) is 0 Å². The average molecular weight is 251 g/mol. The Balaban J connectivity index is 3.46. The third-order valence-electron chi connectivity index (χ3n) is 1.55. The summed E-state index contributed by atoms with van der Waals surface area (Å²) in [6.45, 7) is 3.85. The zero-order valence-electron chi connectivity index (χ0n) is 8.01. The minimum Gasteiger partial charge on any atom is -0.464 e. The number of alkyl halides is 1. The first-order chi connectivity index (χ1) is 6.06. The van der Waals surface area contributed by atoms with Crippen molar-refractivity contribution < 1.29 is 14.3 Å². The lowest BCUT2D eigenvalue weighted by Gasteiger charge is -2.07. The number of Topliss-reactive ketones (excluding diaryl/α,β-unsaturated/α-hetero) is 1. The monoisotopic (exact) mass is 250 g/mol. The third kappa shape index (κ3) is 7.96. The van der Waals surface area contributed by atoms with Gasteiger partial charge < -0.3 is 9.53 Å². The first-order valence-corrected chi connectivity index (χ1v) is 5.27. The number of carbonyl (C=O) groups is 2. The van der Waals surface area contributed by atoms with Crippen molar-refractivity contribution in [1.82, 2.24) is 0 Å². The predicted molar refractivity (Wildman–Crippen MR) is 53.9 cm³/mol. The fourth-order valence-corrected chi connectivity index (χ4v) is 0.784. The van der Waals surface area contributed by atoms with Crippen molar-refractivity contribution in [2.24, 2.45) is 0 Å². The Bertz CT molecular complexity index is 180. The van der Waals surface area contributed by atoms with Gasteiger partial charge in [0.25, 0.3) is 0 Å². The Hall–Kier alpha value is -0.380. The van der Waals surface area contributed by atoms with Crippen LogP contribution in [-0.2, 0) is 14.3 Å². The number of hydrogen-bond acceptors (Lipinski definition) is 3. The molecule has 0 bridgehead atoms. The van der Waals surface area contributed by atoms with Crippen LogP contribution in [0.15, 0.2) is 0 Å². The van der Waals surface area contributed by atoms with Crippen LogP contribution in [0.4, 0.5) is 0 Å². The molecule has 0 aliphatic heterocycles. The van der Waals surface area contributed by atoms with Gasteiger partial charge in [0.1, 0.15) is 12.4 Å². The predicted octanol–water partition coefficient (Wildman–Crippen LogP) is 2.07. The Morgan fingerprint density at radius 2 is 2.00 bits per heavy atom. The summed E-state index contributed by atoms with van der Waals surface area (Å²) >= 11 is 3.34. The molecule has 1 atom stereocenters. The van der Waals surface area contributed by atoms with E-state index in [1.807, 2.05) is 6.92 Å². The number of esters is 1. The quantitative estimate of drug-likeness (QED) is 0.536. The van der Waals surface area contributed by atoms with Crippen LogP contribution in [0, 0.1) is 0 Å². The van der Waals surface area contributed by atoms with Gasteiger partial charge >= 0.3 is 5.97 Å². The highest BCUT2D eigenvalue weighted by atomic mass is 79.9. The topological polar surface area (TPSA) is 43.4 Å². The number of ketones is 1. The van der Waals surface area contributed by atoms with E-state index in [1.54, 1.807) is 0 Å². The van der Waals surface area contributed by atoms with E-state index in [1.165, 1.54) is 6.92 Å². The Labute approximate surface area is 87.0 Å². The smallest absolute Gasteiger partial charge is 0.306 e. The van der Waals surface area contributed by atoms with Gasteiger partial charge in [-0.05, 0) is 13.3 Å². The fraction of sp³-hybridized carbons (Fsp3) is 0.778. The first kappa shape index (κ1) is 12.6. The molecule has 0 radical (unpaired) electrons. The van der Waals surface area contributed by atoms with Crippen LogP contribution in [0.5, 0.6) is 0 Å². The van der Waals surface area contributed by atoms with E-state index in [4.69, 9.17) is 4.74 Å². The van der Waals surface area contributed by atoms with Gasteiger partial charge in [-0.3, -0.25) is 4.79 Å². The van der Waals surface area contributed by atoms with Crippen LogP contribution in [0.3, 0.4) is 0 Å². The highest BCUT2D eigenvalue weighted by Gasteiger charge is 2.07. The van der Waals surface area contributed by atoms with E-state index >= 15 is 0 Å². The van der Waals surface area contributed by atoms with E-state index < -0.39 is 0 Å². The lowest BCUT2D eigenvalue weighted by Crippen LogP contribution is -2.13. The fourth-order valence-electron chi connectivity index (χ4n) is 0.651. The summed E-state index contributed by atoms with van der Waals surface area (Å²) in [6.07, 6.45) is 1.39. The van der Waals surface area contributed by atoms with Gasteiger partial charge in [-0.2, -0.15) is 0 Å². The summed E-state index contributed by atoms with van der Waals surface area (Å²) in [7, 11) is 0. The molecule has 13 heavy (non-hydrogen) atoms. The zero-order chi connectivity index (χ0) is 10.3. The molecule has 0 rings (SSSR count). The van der Waals surface area contributed by atoms with Crippen LogP contribution in [0.1, 0.15) is 33.1 Å². The number of halogens is 1. The molecule has 0 saturated heterocycles. The number of rotatable bonds is 6. The van der Waals surface area contributed by atoms with E-state index in [-0.39, 0.29) is 29.4 Å².